The molecule has 4 aromatic rings. The second-order valence-corrected chi connectivity index (χ2v) is 7.74. The number of nitrogens with zero attached hydrogens (tertiary/aromatic N) is 4. The van der Waals surface area contributed by atoms with Gasteiger partial charge in [-0.15, -0.1) is 0 Å². The van der Waals surface area contributed by atoms with E-state index in [9.17, 15) is 4.39 Å². The standard InChI is InChI=1S/C23H23FN6/c24-19-12-17(6-7-18(19)16-4-2-1-3-5-16)21-20-22(25)27-14-28-23(20)30(29-21)13-15-8-10-26-11-9-15/h1-7,12,14-15,26H,8-11,13H2,(H2,25,27,28). The molecular weight excluding hydrogens is 379 g/mol. The van der Waals surface area contributed by atoms with Crippen LogP contribution in [0.2, 0.25) is 0 Å². The van der Waals surface area contributed by atoms with Gasteiger partial charge >= 0.3 is 0 Å². The lowest BCUT2D eigenvalue weighted by atomic mass is 9.98. The molecule has 0 bridgehead atoms. The first kappa shape index (κ1) is 18.7. The van der Waals surface area contributed by atoms with Crippen LogP contribution in [-0.4, -0.2) is 32.8 Å². The molecule has 2 aromatic carbocycles. The highest BCUT2D eigenvalue weighted by Gasteiger charge is 2.21. The summed E-state index contributed by atoms with van der Waals surface area (Å²) in [5.41, 5.74) is 9.58. The molecule has 0 aliphatic carbocycles. The van der Waals surface area contributed by atoms with E-state index in [0.29, 0.717) is 39.6 Å². The lowest BCUT2D eigenvalue weighted by Gasteiger charge is -2.22. The van der Waals surface area contributed by atoms with Crippen LogP contribution in [-0.2, 0) is 6.54 Å². The fraction of sp³-hybridized carbons (Fsp3) is 0.261. The van der Waals surface area contributed by atoms with Gasteiger partial charge in [0.05, 0.1) is 5.39 Å². The zero-order chi connectivity index (χ0) is 20.5. The molecule has 7 heteroatoms. The summed E-state index contributed by atoms with van der Waals surface area (Å²) in [6.45, 7) is 2.79. The normalized spacial score (nSPS) is 15.0. The maximum Gasteiger partial charge on any atom is 0.163 e. The maximum atomic E-state index is 15.0. The topological polar surface area (TPSA) is 81.7 Å². The molecule has 5 rings (SSSR count). The fourth-order valence-corrected chi connectivity index (χ4v) is 4.18. The summed E-state index contributed by atoms with van der Waals surface area (Å²) >= 11 is 0. The first-order valence-electron chi connectivity index (χ1n) is 10.2. The Bertz CT molecular complexity index is 1180. The third-order valence-corrected chi connectivity index (χ3v) is 5.78. The SMILES string of the molecule is Nc1ncnc2c1c(-c1ccc(-c3ccccc3)c(F)c1)nn2CC1CCNCC1. The second kappa shape index (κ2) is 7.84. The number of aromatic nitrogens is 4. The average molecular weight is 402 g/mol. The average Bonchev–Trinajstić information content (AvgIpc) is 3.15. The third kappa shape index (κ3) is 3.41. The Morgan fingerprint density at radius 2 is 1.83 bits per heavy atom. The van der Waals surface area contributed by atoms with Crippen molar-refractivity contribution in [1.29, 1.82) is 0 Å². The first-order valence-corrected chi connectivity index (χ1v) is 10.2. The molecule has 0 atom stereocenters. The van der Waals surface area contributed by atoms with Gasteiger partial charge < -0.3 is 11.1 Å². The minimum atomic E-state index is -0.296. The van der Waals surface area contributed by atoms with Crippen molar-refractivity contribution in [2.45, 2.75) is 19.4 Å². The Hall–Kier alpha value is -3.32. The van der Waals surface area contributed by atoms with Crippen LogP contribution in [0.25, 0.3) is 33.4 Å². The number of nitrogen functional groups attached to an aromatic ring is 1. The quantitative estimate of drug-likeness (QED) is 0.541. The molecule has 6 nitrogen and oxygen atoms in total. The molecule has 1 aliphatic heterocycles. The molecule has 1 saturated heterocycles. The molecule has 152 valence electrons. The van der Waals surface area contributed by atoms with Gasteiger partial charge in [-0.3, -0.25) is 0 Å². The number of hydrogen-bond acceptors (Lipinski definition) is 5. The van der Waals surface area contributed by atoms with E-state index >= 15 is 0 Å². The molecular formula is C23H23FN6. The summed E-state index contributed by atoms with van der Waals surface area (Å²) in [4.78, 5) is 8.59. The Morgan fingerprint density at radius 1 is 1.03 bits per heavy atom. The van der Waals surface area contributed by atoms with Crippen LogP contribution < -0.4 is 11.1 Å². The van der Waals surface area contributed by atoms with Crippen molar-refractivity contribution in [3.05, 3.63) is 60.7 Å². The van der Waals surface area contributed by atoms with Gasteiger partial charge in [-0.25, -0.2) is 19.0 Å². The minimum Gasteiger partial charge on any atom is -0.383 e. The zero-order valence-electron chi connectivity index (χ0n) is 16.6. The number of rotatable bonds is 4. The van der Waals surface area contributed by atoms with Gasteiger partial charge in [0.15, 0.2) is 5.65 Å². The molecule has 3 N–H and O–H groups in total. The van der Waals surface area contributed by atoms with Crippen LogP contribution in [0.3, 0.4) is 0 Å². The number of anilines is 1. The van der Waals surface area contributed by atoms with Gasteiger partial charge in [0.25, 0.3) is 0 Å². The van der Waals surface area contributed by atoms with Crippen molar-refractivity contribution in [3.8, 4) is 22.4 Å². The van der Waals surface area contributed by atoms with Crippen LogP contribution in [0, 0.1) is 11.7 Å². The monoisotopic (exact) mass is 402 g/mol. The van der Waals surface area contributed by atoms with E-state index in [0.717, 1.165) is 38.0 Å². The van der Waals surface area contributed by atoms with Crippen molar-refractivity contribution in [2.24, 2.45) is 5.92 Å². The van der Waals surface area contributed by atoms with Crippen LogP contribution in [0.15, 0.2) is 54.9 Å². The fourth-order valence-electron chi connectivity index (χ4n) is 4.18. The van der Waals surface area contributed by atoms with Crippen LogP contribution in [0.4, 0.5) is 10.2 Å². The van der Waals surface area contributed by atoms with Gasteiger partial charge in [0.1, 0.15) is 23.7 Å². The van der Waals surface area contributed by atoms with Crippen molar-refractivity contribution in [1.82, 2.24) is 25.1 Å². The molecule has 0 unspecified atom stereocenters. The molecule has 1 aliphatic rings. The van der Waals surface area contributed by atoms with Gasteiger partial charge in [-0.1, -0.05) is 42.5 Å². The highest BCUT2D eigenvalue weighted by molar-refractivity contribution is 5.98. The zero-order valence-corrected chi connectivity index (χ0v) is 16.6. The molecule has 0 saturated carbocycles. The lowest BCUT2D eigenvalue weighted by Crippen LogP contribution is -2.30. The van der Waals surface area contributed by atoms with E-state index in [1.807, 2.05) is 41.1 Å². The summed E-state index contributed by atoms with van der Waals surface area (Å²) < 4.78 is 16.9. The summed E-state index contributed by atoms with van der Waals surface area (Å²) in [7, 11) is 0. The lowest BCUT2D eigenvalue weighted by molar-refractivity contribution is 0.325. The third-order valence-electron chi connectivity index (χ3n) is 5.78. The van der Waals surface area contributed by atoms with E-state index in [2.05, 4.69) is 15.3 Å². The maximum absolute atomic E-state index is 15.0. The van der Waals surface area contributed by atoms with E-state index in [-0.39, 0.29) is 5.82 Å². The number of piperidine rings is 1. The summed E-state index contributed by atoms with van der Waals surface area (Å²) in [5, 5.41) is 8.87. The van der Waals surface area contributed by atoms with Gasteiger partial charge in [-0.05, 0) is 43.5 Å². The molecule has 0 radical (unpaired) electrons. The van der Waals surface area contributed by atoms with Crippen LogP contribution in [0.5, 0.6) is 0 Å². The van der Waals surface area contributed by atoms with Crippen molar-refractivity contribution in [3.63, 3.8) is 0 Å². The summed E-state index contributed by atoms with van der Waals surface area (Å²) in [6, 6.07) is 14.7. The highest BCUT2D eigenvalue weighted by Crippen LogP contribution is 2.33. The number of fused-ring (bicyclic) bond motifs is 1. The van der Waals surface area contributed by atoms with Crippen LogP contribution in [0.1, 0.15) is 12.8 Å². The largest absolute Gasteiger partial charge is 0.383 e. The second-order valence-electron chi connectivity index (χ2n) is 7.74. The molecule has 0 amide bonds. The van der Waals surface area contributed by atoms with Crippen LogP contribution >= 0.6 is 0 Å². The smallest absolute Gasteiger partial charge is 0.163 e. The summed E-state index contributed by atoms with van der Waals surface area (Å²) in [6.07, 6.45) is 3.65. The van der Waals surface area contributed by atoms with E-state index in [4.69, 9.17) is 10.8 Å². The Kier molecular flexibility index (Phi) is 4.88. The molecule has 2 aromatic heterocycles. The molecule has 1 fully saturated rings. The minimum absolute atomic E-state index is 0.296. The van der Waals surface area contributed by atoms with Crippen molar-refractivity contribution >= 4 is 16.9 Å². The number of benzene rings is 2. The Balaban J connectivity index is 1.58. The Labute approximate surface area is 174 Å². The van der Waals surface area contributed by atoms with E-state index in [1.165, 1.54) is 12.4 Å². The molecule has 3 heterocycles. The summed E-state index contributed by atoms with van der Waals surface area (Å²) in [5.74, 6) is 0.588. The number of nitrogens with one attached hydrogen (secondary N) is 1. The number of halogens is 1. The predicted octanol–water partition coefficient (Wildman–Crippen LogP) is 3.88. The van der Waals surface area contributed by atoms with Gasteiger partial charge in [0, 0.05) is 17.7 Å². The van der Waals surface area contributed by atoms with E-state index in [1.54, 1.807) is 6.07 Å². The van der Waals surface area contributed by atoms with E-state index < -0.39 is 0 Å². The number of nitrogens with two attached hydrogens (primary N) is 1. The Morgan fingerprint density at radius 3 is 2.60 bits per heavy atom. The van der Waals surface area contributed by atoms with Gasteiger partial charge in [-0.2, -0.15) is 5.10 Å². The first-order chi connectivity index (χ1) is 14.7. The molecule has 0 spiro atoms. The van der Waals surface area contributed by atoms with Gasteiger partial charge in [0.2, 0.25) is 0 Å². The number of hydrogen-bond donors (Lipinski definition) is 2. The highest BCUT2D eigenvalue weighted by atomic mass is 19.1. The van der Waals surface area contributed by atoms with Crippen molar-refractivity contribution < 1.29 is 4.39 Å². The van der Waals surface area contributed by atoms with Crippen molar-refractivity contribution in [2.75, 3.05) is 18.8 Å². The molecule has 30 heavy (non-hydrogen) atoms. The predicted molar refractivity (Wildman–Crippen MR) is 116 cm³/mol.